The van der Waals surface area contributed by atoms with Gasteiger partial charge in [-0.1, -0.05) is 55.9 Å². The van der Waals surface area contributed by atoms with E-state index < -0.39 is 0 Å². The van der Waals surface area contributed by atoms with Crippen LogP contribution in [-0.4, -0.2) is 80.3 Å². The first-order valence-electron chi connectivity index (χ1n) is 16.2. The molecule has 2 amide bonds. The number of esters is 1. The number of morpholine rings is 1. The molecule has 234 valence electrons. The van der Waals surface area contributed by atoms with Crippen LogP contribution < -0.4 is 5.32 Å². The lowest BCUT2D eigenvalue weighted by atomic mass is 9.90. The Hall–Kier alpha value is -2.42. The van der Waals surface area contributed by atoms with Crippen LogP contribution in [0.1, 0.15) is 78.6 Å². The molecule has 7 unspecified atom stereocenters. The predicted octanol–water partition coefficient (Wildman–Crippen LogP) is 5.89. The van der Waals surface area contributed by atoms with Crippen molar-refractivity contribution in [3.05, 3.63) is 48.1 Å². The smallest absolute Gasteiger partial charge is 0.317 e. The van der Waals surface area contributed by atoms with Crippen LogP contribution in [0.3, 0.4) is 0 Å². The van der Waals surface area contributed by atoms with Crippen molar-refractivity contribution in [1.29, 1.82) is 0 Å². The van der Waals surface area contributed by atoms with Crippen LogP contribution in [0.5, 0.6) is 0 Å². The summed E-state index contributed by atoms with van der Waals surface area (Å²) >= 11 is 0. The number of ether oxygens (including phenoxy) is 4. The number of fused-ring (bicyclic) bond motifs is 4. The number of hydrogen-bond acceptors (Lipinski definition) is 6. The standard InChI is InChI=1S/C34H52N2O6/c1-4-27-21-30-23-29-11-9-10-28(40-29)20-25(2)13-14-26(3)32(42-33(37)24-31(22-27)41-30)12-7-5-6-8-15-35-34(38)36-16-18-39-19-17-36/h4-7,12-14,25-26,28-32H,8-11,15-24H2,1-3H3,(H,35,38). The van der Waals surface area contributed by atoms with Gasteiger partial charge in [-0.3, -0.25) is 4.79 Å². The molecule has 8 nitrogen and oxygen atoms in total. The monoisotopic (exact) mass is 584 g/mol. The molecule has 0 aromatic heterocycles. The van der Waals surface area contributed by atoms with Gasteiger partial charge < -0.3 is 29.2 Å². The van der Waals surface area contributed by atoms with Crippen molar-refractivity contribution in [3.63, 3.8) is 0 Å². The van der Waals surface area contributed by atoms with Crippen molar-refractivity contribution in [1.82, 2.24) is 10.2 Å². The average Bonchev–Trinajstić information content (AvgIpc) is 2.98. The van der Waals surface area contributed by atoms with Gasteiger partial charge in [0, 0.05) is 32.0 Å². The SMILES string of the molecule is CC=C1CC2CC(=O)OC(C=CC=CCCNC(=O)N3CCOCC3)C(C)C=CC(C)CC3CCCC(CC(C1)O2)O3. The van der Waals surface area contributed by atoms with Crippen molar-refractivity contribution in [2.75, 3.05) is 32.8 Å². The van der Waals surface area contributed by atoms with Crippen LogP contribution in [0, 0.1) is 11.8 Å². The van der Waals surface area contributed by atoms with Crippen molar-refractivity contribution >= 4 is 12.0 Å². The van der Waals surface area contributed by atoms with Gasteiger partial charge in [0.2, 0.25) is 0 Å². The Morgan fingerprint density at radius 1 is 0.976 bits per heavy atom. The Kier molecular flexibility index (Phi) is 13.2. The highest BCUT2D eigenvalue weighted by molar-refractivity contribution is 5.74. The molecule has 8 heteroatoms. The zero-order valence-corrected chi connectivity index (χ0v) is 25.9. The summed E-state index contributed by atoms with van der Waals surface area (Å²) in [6.45, 7) is 9.44. The number of hydrogen-bond donors (Lipinski definition) is 1. The average molecular weight is 585 g/mol. The lowest BCUT2D eigenvalue weighted by molar-refractivity contribution is -0.154. The Morgan fingerprint density at radius 3 is 2.50 bits per heavy atom. The van der Waals surface area contributed by atoms with Gasteiger partial charge in [-0.25, -0.2) is 4.79 Å². The number of nitrogens with zero attached hydrogens (tertiary/aromatic N) is 1. The first-order chi connectivity index (χ1) is 20.4. The van der Waals surface area contributed by atoms with Crippen molar-refractivity contribution < 1.29 is 28.5 Å². The van der Waals surface area contributed by atoms with Gasteiger partial charge in [-0.15, -0.1) is 0 Å². The summed E-state index contributed by atoms with van der Waals surface area (Å²) in [6.07, 6.45) is 22.4. The van der Waals surface area contributed by atoms with Gasteiger partial charge in [-0.2, -0.15) is 0 Å². The molecule has 0 radical (unpaired) electrons. The molecule has 0 aromatic rings. The lowest BCUT2D eigenvalue weighted by Gasteiger charge is -2.37. The summed E-state index contributed by atoms with van der Waals surface area (Å²) in [4.78, 5) is 27.2. The van der Waals surface area contributed by atoms with Crippen LogP contribution in [0.2, 0.25) is 0 Å². The van der Waals surface area contributed by atoms with E-state index in [9.17, 15) is 9.59 Å². The zero-order valence-electron chi connectivity index (χ0n) is 25.9. The number of amides is 2. The van der Waals surface area contributed by atoms with Crippen LogP contribution >= 0.6 is 0 Å². The molecule has 3 fully saturated rings. The highest BCUT2D eigenvalue weighted by Crippen LogP contribution is 2.33. The van der Waals surface area contributed by atoms with Crippen LogP contribution in [0.15, 0.2) is 48.1 Å². The summed E-state index contributed by atoms with van der Waals surface area (Å²) in [5, 5.41) is 2.96. The Balaban J connectivity index is 1.37. The summed E-state index contributed by atoms with van der Waals surface area (Å²) in [5.74, 6) is 0.171. The fourth-order valence-electron chi connectivity index (χ4n) is 6.32. The number of carbonyl (C=O) groups is 2. The molecule has 0 aliphatic carbocycles. The fraction of sp³-hybridized carbons (Fsp3) is 0.706. The maximum atomic E-state index is 13.2. The molecule has 0 aromatic carbocycles. The molecular formula is C34H52N2O6. The van der Waals surface area contributed by atoms with Gasteiger partial charge in [0.15, 0.2) is 0 Å². The molecule has 1 N–H and O–H groups in total. The minimum Gasteiger partial charge on any atom is -0.457 e. The molecule has 0 saturated carbocycles. The molecule has 4 aliphatic rings. The first kappa shape index (κ1) is 32.5. The summed E-state index contributed by atoms with van der Waals surface area (Å²) in [5.41, 5.74) is 1.35. The fourth-order valence-corrected chi connectivity index (χ4v) is 6.32. The third-order valence-corrected chi connectivity index (χ3v) is 8.73. The molecule has 4 rings (SSSR count). The van der Waals surface area contributed by atoms with Gasteiger partial charge in [0.1, 0.15) is 6.10 Å². The van der Waals surface area contributed by atoms with Crippen molar-refractivity contribution in [2.24, 2.45) is 11.8 Å². The van der Waals surface area contributed by atoms with Gasteiger partial charge in [-0.05, 0) is 63.9 Å². The van der Waals surface area contributed by atoms with Gasteiger partial charge >= 0.3 is 12.0 Å². The first-order valence-corrected chi connectivity index (χ1v) is 16.2. The minimum atomic E-state index is -0.379. The van der Waals surface area contributed by atoms with E-state index >= 15 is 0 Å². The maximum Gasteiger partial charge on any atom is 0.317 e. The van der Waals surface area contributed by atoms with E-state index in [4.69, 9.17) is 18.9 Å². The highest BCUT2D eigenvalue weighted by Gasteiger charge is 2.32. The topological polar surface area (TPSA) is 86.3 Å². The molecule has 3 saturated heterocycles. The second-order valence-electron chi connectivity index (χ2n) is 12.3. The molecule has 4 aliphatic heterocycles. The number of urea groups is 1. The molecule has 4 bridgehead atoms. The number of carbonyl (C=O) groups excluding carboxylic acids is 2. The molecule has 42 heavy (non-hydrogen) atoms. The third kappa shape index (κ3) is 10.7. The van der Waals surface area contributed by atoms with E-state index in [-0.39, 0.29) is 54.9 Å². The Morgan fingerprint density at radius 2 is 1.71 bits per heavy atom. The minimum absolute atomic E-state index is 0.0212. The van der Waals surface area contributed by atoms with Gasteiger partial charge in [0.25, 0.3) is 0 Å². The number of cyclic esters (lactones) is 1. The Labute approximate surface area is 252 Å². The van der Waals surface area contributed by atoms with E-state index in [0.29, 0.717) is 38.8 Å². The van der Waals surface area contributed by atoms with Crippen LogP contribution in [0.25, 0.3) is 0 Å². The van der Waals surface area contributed by atoms with Crippen molar-refractivity contribution in [3.8, 4) is 0 Å². The van der Waals surface area contributed by atoms with Crippen LogP contribution in [-0.2, 0) is 23.7 Å². The maximum absolute atomic E-state index is 13.2. The zero-order chi connectivity index (χ0) is 29.7. The summed E-state index contributed by atoms with van der Waals surface area (Å²) in [6, 6.07) is -0.0419. The molecule has 7 atom stereocenters. The largest absolute Gasteiger partial charge is 0.457 e. The predicted molar refractivity (Wildman–Crippen MR) is 164 cm³/mol. The second kappa shape index (κ2) is 17.0. The van der Waals surface area contributed by atoms with Gasteiger partial charge in [0.05, 0.1) is 44.1 Å². The molecule has 4 heterocycles. The number of rotatable bonds is 5. The van der Waals surface area contributed by atoms with E-state index in [1.807, 2.05) is 24.3 Å². The Bertz CT molecular complexity index is 985. The summed E-state index contributed by atoms with van der Waals surface area (Å²) in [7, 11) is 0. The van der Waals surface area contributed by atoms with E-state index in [1.54, 1.807) is 4.90 Å². The molecule has 0 spiro atoms. The second-order valence-corrected chi connectivity index (χ2v) is 12.3. The number of allylic oxidation sites excluding steroid dienone is 4. The summed E-state index contributed by atoms with van der Waals surface area (Å²) < 4.78 is 24.4. The normalized spacial score (nSPS) is 34.5. The number of nitrogens with one attached hydrogen (secondary N) is 1. The van der Waals surface area contributed by atoms with E-state index in [2.05, 4.69) is 44.3 Å². The highest BCUT2D eigenvalue weighted by atomic mass is 16.6. The van der Waals surface area contributed by atoms with Crippen molar-refractivity contribution in [2.45, 2.75) is 109 Å². The lowest BCUT2D eigenvalue weighted by Crippen LogP contribution is -2.46. The van der Waals surface area contributed by atoms with E-state index in [0.717, 1.165) is 44.9 Å². The molecular weight excluding hydrogens is 532 g/mol. The third-order valence-electron chi connectivity index (χ3n) is 8.73. The van der Waals surface area contributed by atoms with E-state index in [1.165, 1.54) is 12.0 Å². The quantitative estimate of drug-likeness (QED) is 0.188. The van der Waals surface area contributed by atoms with Crippen LogP contribution in [0.4, 0.5) is 4.79 Å².